The van der Waals surface area contributed by atoms with E-state index in [0.29, 0.717) is 13.2 Å². The van der Waals surface area contributed by atoms with E-state index in [1.54, 1.807) is 13.8 Å². The quantitative estimate of drug-likeness (QED) is 0.323. The number of rotatable bonds is 10. The Morgan fingerprint density at radius 1 is 0.800 bits per heavy atom. The molecule has 0 amide bonds. The zero-order valence-corrected chi connectivity index (χ0v) is 10.0. The molecule has 0 N–H and O–H groups in total. The summed E-state index contributed by atoms with van der Waals surface area (Å²) in [6, 6.07) is 0. The molecule has 0 aromatic heterocycles. The number of ether oxygens (including phenoxy) is 2. The molecule has 0 aromatic rings. The van der Waals surface area contributed by atoms with Gasteiger partial charge in [0.05, 0.1) is 0 Å². The highest BCUT2D eigenvalue weighted by atomic mass is 17.5. The lowest BCUT2D eigenvalue weighted by atomic mass is 10.5. The second-order valence-electron chi connectivity index (χ2n) is 3.14. The lowest BCUT2D eigenvalue weighted by Gasteiger charge is -2.14. The minimum absolute atomic E-state index is 0.441. The zero-order valence-electron chi connectivity index (χ0n) is 10.0. The normalized spacial score (nSPS) is 15.2. The minimum Gasteiger partial charge on any atom is -0.350 e. The molecule has 15 heavy (non-hydrogen) atoms. The van der Waals surface area contributed by atoms with Gasteiger partial charge in [-0.3, -0.25) is 0 Å². The highest BCUT2D eigenvalue weighted by Crippen LogP contribution is 2.00. The molecular weight excluding hydrogens is 200 g/mol. The SMILES string of the molecule is CCCOC(C)OOOC(C)OCCC. The van der Waals surface area contributed by atoms with Crippen molar-refractivity contribution in [1.82, 2.24) is 0 Å². The van der Waals surface area contributed by atoms with Crippen LogP contribution < -0.4 is 0 Å². The van der Waals surface area contributed by atoms with Gasteiger partial charge in [0.2, 0.25) is 0 Å². The maximum atomic E-state index is 5.19. The van der Waals surface area contributed by atoms with Crippen LogP contribution in [0.1, 0.15) is 40.5 Å². The maximum Gasteiger partial charge on any atom is 0.191 e. The summed E-state index contributed by atoms with van der Waals surface area (Å²) < 4.78 is 10.4. The van der Waals surface area contributed by atoms with Crippen molar-refractivity contribution in [2.45, 2.75) is 53.1 Å². The topological polar surface area (TPSA) is 46.2 Å². The summed E-state index contributed by atoms with van der Waals surface area (Å²) in [5.74, 6) is 0. The van der Waals surface area contributed by atoms with Crippen molar-refractivity contribution in [3.05, 3.63) is 0 Å². The van der Waals surface area contributed by atoms with E-state index < -0.39 is 12.6 Å². The van der Waals surface area contributed by atoms with Gasteiger partial charge in [0.25, 0.3) is 0 Å². The molecule has 0 saturated carbocycles. The fraction of sp³-hybridized carbons (Fsp3) is 1.00. The van der Waals surface area contributed by atoms with Gasteiger partial charge in [-0.05, 0) is 26.7 Å². The van der Waals surface area contributed by atoms with Crippen molar-refractivity contribution in [2.75, 3.05) is 13.2 Å². The van der Waals surface area contributed by atoms with Gasteiger partial charge in [-0.1, -0.05) is 18.9 Å². The van der Waals surface area contributed by atoms with E-state index in [2.05, 4.69) is 5.04 Å². The van der Waals surface area contributed by atoms with Crippen molar-refractivity contribution in [1.29, 1.82) is 0 Å². The molecule has 0 radical (unpaired) electrons. The second kappa shape index (κ2) is 10.3. The van der Waals surface area contributed by atoms with Gasteiger partial charge in [0.1, 0.15) is 0 Å². The van der Waals surface area contributed by atoms with Gasteiger partial charge >= 0.3 is 0 Å². The highest BCUT2D eigenvalue weighted by Gasteiger charge is 2.06. The summed E-state index contributed by atoms with van der Waals surface area (Å²) in [6.07, 6.45) is 0.987. The van der Waals surface area contributed by atoms with E-state index in [1.165, 1.54) is 0 Å². The predicted molar refractivity (Wildman–Crippen MR) is 54.7 cm³/mol. The van der Waals surface area contributed by atoms with E-state index in [0.717, 1.165) is 12.8 Å². The van der Waals surface area contributed by atoms with Crippen LogP contribution in [0.15, 0.2) is 0 Å². The smallest absolute Gasteiger partial charge is 0.191 e. The Kier molecular flexibility index (Phi) is 10.2. The third-order valence-corrected chi connectivity index (χ3v) is 1.46. The Morgan fingerprint density at radius 3 is 1.53 bits per heavy atom. The number of hydrogen-bond donors (Lipinski definition) is 0. The molecule has 0 spiro atoms. The van der Waals surface area contributed by atoms with Crippen LogP contribution in [0.4, 0.5) is 0 Å². The molecule has 0 fully saturated rings. The average molecular weight is 222 g/mol. The van der Waals surface area contributed by atoms with Crippen molar-refractivity contribution in [3.8, 4) is 0 Å². The molecule has 92 valence electrons. The predicted octanol–water partition coefficient (Wildman–Crippen LogP) is 2.41. The van der Waals surface area contributed by atoms with Gasteiger partial charge in [-0.15, -0.1) is 0 Å². The monoisotopic (exact) mass is 222 g/mol. The molecule has 0 rings (SSSR count). The van der Waals surface area contributed by atoms with Crippen LogP contribution in [0.5, 0.6) is 0 Å². The molecule has 0 aliphatic heterocycles. The van der Waals surface area contributed by atoms with Crippen molar-refractivity contribution in [3.63, 3.8) is 0 Å². The first-order chi connectivity index (χ1) is 7.20. The Bertz CT molecular complexity index is 117. The van der Waals surface area contributed by atoms with Crippen LogP contribution >= 0.6 is 0 Å². The molecule has 5 nitrogen and oxygen atoms in total. The molecule has 0 saturated heterocycles. The Morgan fingerprint density at radius 2 is 1.20 bits per heavy atom. The largest absolute Gasteiger partial charge is 0.350 e. The van der Waals surface area contributed by atoms with E-state index in [-0.39, 0.29) is 0 Å². The first kappa shape index (κ1) is 14.8. The zero-order chi connectivity index (χ0) is 11.5. The second-order valence-corrected chi connectivity index (χ2v) is 3.14. The first-order valence-electron chi connectivity index (χ1n) is 5.42. The lowest BCUT2D eigenvalue weighted by molar-refractivity contribution is -0.571. The van der Waals surface area contributed by atoms with Gasteiger partial charge in [0.15, 0.2) is 12.6 Å². The maximum absolute atomic E-state index is 5.19. The molecule has 2 unspecified atom stereocenters. The van der Waals surface area contributed by atoms with E-state index in [9.17, 15) is 0 Å². The van der Waals surface area contributed by atoms with Gasteiger partial charge < -0.3 is 9.47 Å². The van der Waals surface area contributed by atoms with Crippen LogP contribution in [-0.2, 0) is 24.3 Å². The molecule has 0 heterocycles. The Balaban J connectivity index is 3.27. The molecule has 0 aliphatic rings. The van der Waals surface area contributed by atoms with Crippen LogP contribution in [0.25, 0.3) is 0 Å². The number of hydrogen-bond acceptors (Lipinski definition) is 5. The van der Waals surface area contributed by atoms with E-state index in [1.807, 2.05) is 13.8 Å². The molecule has 0 aliphatic carbocycles. The summed E-state index contributed by atoms with van der Waals surface area (Å²) in [4.78, 5) is 9.54. The summed E-state index contributed by atoms with van der Waals surface area (Å²) in [5.41, 5.74) is 0. The molecule has 0 aromatic carbocycles. The standard InChI is InChI=1S/C10H22O5/c1-5-7-11-9(3)13-15-14-10(4)12-8-6-2/h9-10H,5-8H2,1-4H3. The minimum atomic E-state index is -0.441. The van der Waals surface area contributed by atoms with Gasteiger partial charge in [-0.2, -0.15) is 9.78 Å². The third-order valence-electron chi connectivity index (χ3n) is 1.46. The van der Waals surface area contributed by atoms with Gasteiger partial charge in [0, 0.05) is 13.2 Å². The molecule has 5 heteroatoms. The van der Waals surface area contributed by atoms with Crippen LogP contribution in [0.2, 0.25) is 0 Å². The highest BCUT2D eigenvalue weighted by molar-refractivity contribution is 4.28. The van der Waals surface area contributed by atoms with E-state index >= 15 is 0 Å². The summed E-state index contributed by atoms with van der Waals surface area (Å²) >= 11 is 0. The molecule has 0 bridgehead atoms. The average Bonchev–Trinajstić information content (AvgIpc) is 2.23. The molecular formula is C10H22O5. The Hall–Kier alpha value is -0.200. The van der Waals surface area contributed by atoms with Crippen molar-refractivity contribution >= 4 is 0 Å². The first-order valence-corrected chi connectivity index (χ1v) is 5.42. The fourth-order valence-corrected chi connectivity index (χ4v) is 0.757. The summed E-state index contributed by atoms with van der Waals surface area (Å²) in [5, 5.41) is 4.50. The van der Waals surface area contributed by atoms with Crippen LogP contribution in [0, 0.1) is 0 Å². The lowest BCUT2D eigenvalue weighted by Crippen LogP contribution is -2.18. The molecule has 2 atom stereocenters. The third kappa shape index (κ3) is 10.1. The fourth-order valence-electron chi connectivity index (χ4n) is 0.757. The van der Waals surface area contributed by atoms with Crippen LogP contribution in [-0.4, -0.2) is 25.8 Å². The Labute approximate surface area is 91.5 Å². The van der Waals surface area contributed by atoms with Crippen molar-refractivity contribution < 1.29 is 24.3 Å². The summed E-state index contributed by atoms with van der Waals surface area (Å²) in [7, 11) is 0. The summed E-state index contributed by atoms with van der Waals surface area (Å²) in [6.45, 7) is 8.77. The van der Waals surface area contributed by atoms with E-state index in [4.69, 9.17) is 19.2 Å². The van der Waals surface area contributed by atoms with Crippen molar-refractivity contribution in [2.24, 2.45) is 0 Å². The van der Waals surface area contributed by atoms with Gasteiger partial charge in [-0.25, -0.2) is 0 Å². The van der Waals surface area contributed by atoms with Crippen LogP contribution in [0.3, 0.4) is 0 Å².